The maximum Gasteiger partial charge on any atom is 0.203 e. The van der Waals surface area contributed by atoms with Gasteiger partial charge in [0.2, 0.25) is 5.75 Å². The van der Waals surface area contributed by atoms with E-state index in [2.05, 4.69) is 0 Å². The number of fused-ring (bicyclic) bond motifs is 1. The Bertz CT molecular complexity index is 732. The number of hydrogen-bond donors (Lipinski definition) is 2. The minimum atomic E-state index is 0.0475. The van der Waals surface area contributed by atoms with Crippen molar-refractivity contribution in [3.8, 4) is 23.0 Å². The molecule has 1 aliphatic heterocycles. The lowest BCUT2D eigenvalue weighted by Crippen LogP contribution is -2.08. The summed E-state index contributed by atoms with van der Waals surface area (Å²) < 4.78 is 10.9. The summed E-state index contributed by atoms with van der Waals surface area (Å²) in [5.74, 6) is 1.13. The predicted molar refractivity (Wildman–Crippen MR) is 80.9 cm³/mol. The molecule has 2 aromatic rings. The molecule has 0 amide bonds. The van der Waals surface area contributed by atoms with Gasteiger partial charge in [-0.15, -0.1) is 0 Å². The van der Waals surface area contributed by atoms with Crippen molar-refractivity contribution in [3.05, 3.63) is 47.0 Å². The Hall–Kier alpha value is -2.62. The second-order valence-corrected chi connectivity index (χ2v) is 5.02. The summed E-state index contributed by atoms with van der Waals surface area (Å²) in [6.45, 7) is 2.24. The summed E-state index contributed by atoms with van der Waals surface area (Å²) in [5.41, 5.74) is 3.44. The van der Waals surface area contributed by atoms with E-state index in [9.17, 15) is 10.2 Å². The summed E-state index contributed by atoms with van der Waals surface area (Å²) in [5, 5.41) is 19.8. The summed E-state index contributed by atoms with van der Waals surface area (Å²) in [4.78, 5) is 0. The molecule has 108 valence electrons. The largest absolute Gasteiger partial charge is 0.507 e. The van der Waals surface area contributed by atoms with Crippen LogP contribution in [0.5, 0.6) is 23.0 Å². The van der Waals surface area contributed by atoms with Crippen LogP contribution in [0.15, 0.2) is 30.3 Å². The average molecular weight is 284 g/mol. The average Bonchev–Trinajstić information content (AvgIpc) is 2.47. The van der Waals surface area contributed by atoms with E-state index in [0.29, 0.717) is 18.1 Å². The molecular formula is C17H16O4. The van der Waals surface area contributed by atoms with E-state index in [1.54, 1.807) is 18.2 Å². The topological polar surface area (TPSA) is 58.9 Å². The van der Waals surface area contributed by atoms with Crippen LogP contribution < -0.4 is 9.47 Å². The number of hydrogen-bond acceptors (Lipinski definition) is 4. The molecule has 0 aliphatic carbocycles. The third-order valence-corrected chi connectivity index (χ3v) is 3.53. The van der Waals surface area contributed by atoms with Gasteiger partial charge in [-0.3, -0.25) is 0 Å². The maximum atomic E-state index is 10.1. The summed E-state index contributed by atoms with van der Waals surface area (Å²) in [6, 6.07) is 8.88. The molecule has 0 unspecified atom stereocenters. The van der Waals surface area contributed by atoms with Crippen molar-refractivity contribution < 1.29 is 19.7 Å². The Balaban J connectivity index is 2.08. The minimum Gasteiger partial charge on any atom is -0.507 e. The van der Waals surface area contributed by atoms with Crippen LogP contribution in [0.1, 0.15) is 16.7 Å². The highest BCUT2D eigenvalue weighted by atomic mass is 16.5. The van der Waals surface area contributed by atoms with Crippen LogP contribution >= 0.6 is 0 Å². The van der Waals surface area contributed by atoms with Crippen molar-refractivity contribution in [2.45, 2.75) is 6.92 Å². The Morgan fingerprint density at radius 2 is 1.90 bits per heavy atom. The zero-order chi connectivity index (χ0) is 15.0. The number of ether oxygens (including phenoxy) is 2. The van der Waals surface area contributed by atoms with Crippen molar-refractivity contribution in [1.82, 2.24) is 0 Å². The van der Waals surface area contributed by atoms with Gasteiger partial charge in [0.05, 0.1) is 7.11 Å². The smallest absolute Gasteiger partial charge is 0.203 e. The van der Waals surface area contributed by atoms with Crippen molar-refractivity contribution in [2.24, 2.45) is 0 Å². The van der Waals surface area contributed by atoms with E-state index in [1.165, 1.54) is 7.11 Å². The number of methoxy groups -OCH3 is 1. The number of phenols is 2. The molecule has 2 N–H and O–H groups in total. The second kappa shape index (κ2) is 5.05. The van der Waals surface area contributed by atoms with Crippen molar-refractivity contribution >= 4 is 11.6 Å². The first-order chi connectivity index (χ1) is 10.1. The number of benzene rings is 2. The molecule has 3 rings (SSSR count). The molecule has 1 aliphatic rings. The summed E-state index contributed by atoms with van der Waals surface area (Å²) >= 11 is 0. The van der Waals surface area contributed by atoms with Crippen molar-refractivity contribution in [1.29, 1.82) is 0 Å². The van der Waals surface area contributed by atoms with E-state index in [0.717, 1.165) is 22.3 Å². The Kier molecular flexibility index (Phi) is 3.22. The molecular weight excluding hydrogens is 268 g/mol. The van der Waals surface area contributed by atoms with E-state index >= 15 is 0 Å². The second-order valence-electron chi connectivity index (χ2n) is 5.02. The Morgan fingerprint density at radius 3 is 2.62 bits per heavy atom. The van der Waals surface area contributed by atoms with Crippen LogP contribution in [-0.4, -0.2) is 23.9 Å². The fourth-order valence-corrected chi connectivity index (χ4v) is 2.48. The van der Waals surface area contributed by atoms with Crippen molar-refractivity contribution in [2.75, 3.05) is 13.7 Å². The highest BCUT2D eigenvalue weighted by Gasteiger charge is 2.20. The lowest BCUT2D eigenvalue weighted by Gasteiger charge is -2.21. The fourth-order valence-electron chi connectivity index (χ4n) is 2.48. The maximum absolute atomic E-state index is 10.1. The van der Waals surface area contributed by atoms with Crippen LogP contribution in [0.4, 0.5) is 0 Å². The van der Waals surface area contributed by atoms with Gasteiger partial charge in [0.25, 0.3) is 0 Å². The molecule has 4 heteroatoms. The van der Waals surface area contributed by atoms with Crippen LogP contribution in [-0.2, 0) is 0 Å². The first-order valence-corrected chi connectivity index (χ1v) is 6.63. The van der Waals surface area contributed by atoms with Crippen molar-refractivity contribution in [3.63, 3.8) is 0 Å². The van der Waals surface area contributed by atoms with Crippen LogP contribution in [0.25, 0.3) is 11.6 Å². The highest BCUT2D eigenvalue weighted by Crippen LogP contribution is 2.43. The van der Waals surface area contributed by atoms with Gasteiger partial charge in [-0.25, -0.2) is 0 Å². The molecule has 21 heavy (non-hydrogen) atoms. The lowest BCUT2D eigenvalue weighted by atomic mass is 9.98. The monoisotopic (exact) mass is 284 g/mol. The molecule has 0 spiro atoms. The molecule has 0 atom stereocenters. The van der Waals surface area contributed by atoms with Gasteiger partial charge in [-0.05, 0) is 36.8 Å². The van der Waals surface area contributed by atoms with Crippen LogP contribution in [0.2, 0.25) is 0 Å². The fraction of sp³-hybridized carbons (Fsp3) is 0.176. The zero-order valence-electron chi connectivity index (χ0n) is 11.9. The lowest BCUT2D eigenvalue weighted by molar-refractivity contribution is 0.313. The van der Waals surface area contributed by atoms with Gasteiger partial charge in [0.1, 0.15) is 12.4 Å². The predicted octanol–water partition coefficient (Wildman–Crippen LogP) is 3.35. The van der Waals surface area contributed by atoms with Gasteiger partial charge in [-0.2, -0.15) is 0 Å². The molecule has 0 fully saturated rings. The third-order valence-electron chi connectivity index (χ3n) is 3.53. The van der Waals surface area contributed by atoms with Gasteiger partial charge >= 0.3 is 0 Å². The van der Waals surface area contributed by atoms with Crippen LogP contribution in [0.3, 0.4) is 0 Å². The highest BCUT2D eigenvalue weighted by molar-refractivity contribution is 5.88. The van der Waals surface area contributed by atoms with E-state index < -0.39 is 0 Å². The number of phenolic OH excluding ortho intramolecular Hbond substituents is 2. The Morgan fingerprint density at radius 1 is 1.10 bits per heavy atom. The van der Waals surface area contributed by atoms with E-state index in [4.69, 9.17) is 9.47 Å². The molecule has 0 saturated heterocycles. The Labute approximate surface area is 122 Å². The first-order valence-electron chi connectivity index (χ1n) is 6.63. The number of rotatable bonds is 2. The number of aryl methyl sites for hydroxylation is 1. The third kappa shape index (κ3) is 2.29. The van der Waals surface area contributed by atoms with Gasteiger partial charge in [0.15, 0.2) is 11.5 Å². The van der Waals surface area contributed by atoms with Gasteiger partial charge in [0, 0.05) is 16.7 Å². The molecule has 4 nitrogen and oxygen atoms in total. The summed E-state index contributed by atoms with van der Waals surface area (Å²) in [7, 11) is 1.49. The van der Waals surface area contributed by atoms with Gasteiger partial charge in [-0.1, -0.05) is 12.1 Å². The molecule has 0 radical (unpaired) electrons. The minimum absolute atomic E-state index is 0.0475. The quantitative estimate of drug-likeness (QED) is 0.888. The molecule has 0 aromatic heterocycles. The van der Waals surface area contributed by atoms with E-state index in [1.807, 2.05) is 25.1 Å². The SMILES string of the molecule is COc1c(O)ccc2c1OCC(c1ccc(C)cc1O)=C2. The number of aromatic hydroxyl groups is 2. The van der Waals surface area contributed by atoms with E-state index in [-0.39, 0.29) is 11.5 Å². The normalized spacial score (nSPS) is 13.1. The standard InChI is InChI=1S/C17H16O4/c1-10-3-5-13(15(19)7-10)12-8-11-4-6-14(18)17(20-2)16(11)21-9-12/h3-8,18-19H,9H2,1-2H3. The van der Waals surface area contributed by atoms with Crippen LogP contribution in [0, 0.1) is 6.92 Å². The first kappa shape index (κ1) is 13.4. The molecule has 0 bridgehead atoms. The summed E-state index contributed by atoms with van der Waals surface area (Å²) in [6.07, 6.45) is 1.94. The van der Waals surface area contributed by atoms with Gasteiger partial charge < -0.3 is 19.7 Å². The molecule has 0 saturated carbocycles. The zero-order valence-corrected chi connectivity index (χ0v) is 11.9. The molecule has 1 heterocycles. The molecule has 2 aromatic carbocycles.